The van der Waals surface area contributed by atoms with Gasteiger partial charge >= 0.3 is 0 Å². The van der Waals surface area contributed by atoms with Gasteiger partial charge in [0.2, 0.25) is 0 Å². The lowest BCUT2D eigenvalue weighted by atomic mass is 9.98. The molecule has 5 rings (SSSR count). The third kappa shape index (κ3) is 4.39. The Hall–Kier alpha value is -2.80. The molecule has 0 bridgehead atoms. The van der Waals surface area contributed by atoms with Crippen molar-refractivity contribution in [1.29, 1.82) is 0 Å². The van der Waals surface area contributed by atoms with E-state index in [1.54, 1.807) is 7.11 Å². The van der Waals surface area contributed by atoms with Gasteiger partial charge in [0.1, 0.15) is 12.4 Å². The van der Waals surface area contributed by atoms with Gasteiger partial charge in [-0.25, -0.2) is 4.98 Å². The normalized spacial score (nSPS) is 22.6. The maximum absolute atomic E-state index is 5.69. The van der Waals surface area contributed by atoms with E-state index in [9.17, 15) is 0 Å². The highest BCUT2D eigenvalue weighted by atomic mass is 16.6. The molecule has 1 aliphatic carbocycles. The van der Waals surface area contributed by atoms with Crippen molar-refractivity contribution in [3.05, 3.63) is 47.6 Å². The van der Waals surface area contributed by atoms with E-state index in [1.165, 1.54) is 31.3 Å². The van der Waals surface area contributed by atoms with Crippen LogP contribution in [0.5, 0.6) is 5.75 Å². The lowest BCUT2D eigenvalue weighted by molar-refractivity contribution is 0.0567. The number of ether oxygens (including phenoxy) is 1. The molecule has 32 heavy (non-hydrogen) atoms. The van der Waals surface area contributed by atoms with E-state index in [2.05, 4.69) is 44.6 Å². The third-order valence-electron chi connectivity index (χ3n) is 6.79. The zero-order chi connectivity index (χ0) is 21.9. The van der Waals surface area contributed by atoms with Crippen LogP contribution in [-0.4, -0.2) is 59.2 Å². The lowest BCUT2D eigenvalue weighted by Gasteiger charge is -2.40. The Bertz CT molecular complexity index is 1010. The van der Waals surface area contributed by atoms with Gasteiger partial charge < -0.3 is 24.4 Å². The molecule has 2 aliphatic heterocycles. The van der Waals surface area contributed by atoms with Crippen molar-refractivity contribution >= 4 is 11.9 Å². The summed E-state index contributed by atoms with van der Waals surface area (Å²) in [6.07, 6.45) is 13.5. The number of hydrogen-bond acceptors (Lipinski definition) is 6. The summed E-state index contributed by atoms with van der Waals surface area (Å²) in [6.45, 7) is 4.64. The molecule has 0 amide bonds. The number of rotatable bonds is 6. The minimum absolute atomic E-state index is 0.341. The number of methoxy groups -OCH3 is 1. The quantitative estimate of drug-likeness (QED) is 0.745. The molecular formula is C25H33N5O2. The van der Waals surface area contributed by atoms with E-state index in [-0.39, 0.29) is 0 Å². The summed E-state index contributed by atoms with van der Waals surface area (Å²) < 4.78 is 7.69. The molecule has 0 unspecified atom stereocenters. The molecule has 1 aromatic carbocycles. The molecule has 1 aromatic heterocycles. The first-order chi connectivity index (χ1) is 15.7. The van der Waals surface area contributed by atoms with Crippen molar-refractivity contribution < 1.29 is 9.57 Å². The molecule has 7 heteroatoms. The molecule has 3 heterocycles. The first-order valence-corrected chi connectivity index (χ1v) is 11.8. The van der Waals surface area contributed by atoms with Crippen molar-refractivity contribution in [3.63, 3.8) is 0 Å². The monoisotopic (exact) mass is 435 g/mol. The summed E-state index contributed by atoms with van der Waals surface area (Å²) in [5, 5.41) is 8.24. The van der Waals surface area contributed by atoms with E-state index in [0.717, 1.165) is 54.5 Å². The molecule has 170 valence electrons. The van der Waals surface area contributed by atoms with Gasteiger partial charge in [-0.15, -0.1) is 0 Å². The second-order valence-corrected chi connectivity index (χ2v) is 9.07. The van der Waals surface area contributed by atoms with Crippen LogP contribution in [0.1, 0.15) is 49.8 Å². The molecule has 1 atom stereocenters. The zero-order valence-corrected chi connectivity index (χ0v) is 19.1. The lowest BCUT2D eigenvalue weighted by Crippen LogP contribution is -2.54. The van der Waals surface area contributed by atoms with E-state index < -0.39 is 0 Å². The van der Waals surface area contributed by atoms with Crippen molar-refractivity contribution in [2.24, 2.45) is 5.16 Å². The number of imidazole rings is 1. The Morgan fingerprint density at radius 2 is 2.12 bits per heavy atom. The number of aryl methyl sites for hydroxylation is 1. The first kappa shape index (κ1) is 21.1. The largest absolute Gasteiger partial charge is 0.495 e. The van der Waals surface area contributed by atoms with Crippen LogP contribution < -0.4 is 10.1 Å². The number of fused-ring (bicyclic) bond motifs is 1. The Balaban J connectivity index is 1.35. The van der Waals surface area contributed by atoms with E-state index in [4.69, 9.17) is 9.57 Å². The molecule has 7 nitrogen and oxygen atoms in total. The fourth-order valence-electron chi connectivity index (χ4n) is 5.07. The van der Waals surface area contributed by atoms with Crippen LogP contribution in [0.15, 0.2) is 41.5 Å². The van der Waals surface area contributed by atoms with Gasteiger partial charge in [0, 0.05) is 25.3 Å². The number of oxime groups is 1. The number of nitrogens with one attached hydrogen (secondary N) is 1. The van der Waals surface area contributed by atoms with Crippen molar-refractivity contribution in [1.82, 2.24) is 19.8 Å². The van der Waals surface area contributed by atoms with Crippen LogP contribution in [0.2, 0.25) is 0 Å². The Morgan fingerprint density at radius 1 is 1.25 bits per heavy atom. The summed E-state index contributed by atoms with van der Waals surface area (Å²) in [5.41, 5.74) is 4.30. The number of nitrogens with zero attached hydrogens (tertiary/aromatic N) is 4. The summed E-state index contributed by atoms with van der Waals surface area (Å²) in [6, 6.07) is 7.30. The molecule has 1 N–H and O–H groups in total. The molecule has 0 spiro atoms. The van der Waals surface area contributed by atoms with E-state index in [1.807, 2.05) is 24.0 Å². The van der Waals surface area contributed by atoms with Gasteiger partial charge in [-0.2, -0.15) is 0 Å². The molecule has 3 aliphatic rings. The number of benzene rings is 1. The Morgan fingerprint density at radius 3 is 2.91 bits per heavy atom. The highest BCUT2D eigenvalue weighted by Gasteiger charge is 2.32. The Kier molecular flexibility index (Phi) is 6.17. The predicted molar refractivity (Wildman–Crippen MR) is 126 cm³/mol. The number of aromatic nitrogens is 2. The Labute approximate surface area is 190 Å². The van der Waals surface area contributed by atoms with Crippen LogP contribution in [0.3, 0.4) is 0 Å². The third-order valence-corrected chi connectivity index (χ3v) is 6.79. The molecule has 2 fully saturated rings. The molecule has 1 saturated heterocycles. The molecule has 2 aromatic rings. The number of amidine groups is 1. The SMILES string of the molecule is COc1cc(/C=C2\CCCN3C2=NOC[C@@H]3CNC2CCCC2)ccc1-n1cnc(C)c1. The maximum atomic E-state index is 5.69. The van der Waals surface area contributed by atoms with Crippen molar-refractivity contribution in [2.45, 2.75) is 57.5 Å². The fourth-order valence-corrected chi connectivity index (χ4v) is 5.07. The molecule has 0 radical (unpaired) electrons. The van der Waals surface area contributed by atoms with Crippen LogP contribution in [0.25, 0.3) is 11.8 Å². The van der Waals surface area contributed by atoms with Crippen molar-refractivity contribution in [3.8, 4) is 11.4 Å². The highest BCUT2D eigenvalue weighted by Crippen LogP contribution is 2.29. The first-order valence-electron chi connectivity index (χ1n) is 11.8. The second-order valence-electron chi connectivity index (χ2n) is 9.07. The van der Waals surface area contributed by atoms with Crippen LogP contribution in [-0.2, 0) is 4.84 Å². The summed E-state index contributed by atoms with van der Waals surface area (Å²) in [7, 11) is 1.71. The minimum atomic E-state index is 0.341. The van der Waals surface area contributed by atoms with Gasteiger partial charge in [-0.05, 0) is 62.0 Å². The number of piperidine rings is 1. The zero-order valence-electron chi connectivity index (χ0n) is 19.1. The molecular weight excluding hydrogens is 402 g/mol. The smallest absolute Gasteiger partial charge is 0.171 e. The fraction of sp³-hybridized carbons (Fsp3) is 0.520. The van der Waals surface area contributed by atoms with Crippen LogP contribution >= 0.6 is 0 Å². The minimum Gasteiger partial charge on any atom is -0.495 e. The van der Waals surface area contributed by atoms with Gasteiger partial charge in [0.15, 0.2) is 5.84 Å². The van der Waals surface area contributed by atoms with Gasteiger partial charge in [-0.3, -0.25) is 0 Å². The van der Waals surface area contributed by atoms with Crippen LogP contribution in [0, 0.1) is 6.92 Å². The summed E-state index contributed by atoms with van der Waals surface area (Å²) >= 11 is 0. The van der Waals surface area contributed by atoms with Gasteiger partial charge in [0.25, 0.3) is 0 Å². The van der Waals surface area contributed by atoms with Gasteiger partial charge in [0.05, 0.1) is 30.9 Å². The number of hydrogen-bond donors (Lipinski definition) is 1. The second kappa shape index (κ2) is 9.36. The topological polar surface area (TPSA) is 63.9 Å². The summed E-state index contributed by atoms with van der Waals surface area (Å²) in [5.74, 6) is 1.82. The van der Waals surface area contributed by atoms with Crippen molar-refractivity contribution in [2.75, 3.05) is 26.8 Å². The van der Waals surface area contributed by atoms with Crippen LogP contribution in [0.4, 0.5) is 0 Å². The molecule has 1 saturated carbocycles. The summed E-state index contributed by atoms with van der Waals surface area (Å²) in [4.78, 5) is 12.5. The average molecular weight is 436 g/mol. The van der Waals surface area contributed by atoms with Gasteiger partial charge in [-0.1, -0.05) is 24.1 Å². The average Bonchev–Trinajstić information content (AvgIpc) is 3.49. The predicted octanol–water partition coefficient (Wildman–Crippen LogP) is 3.91. The van der Waals surface area contributed by atoms with E-state index >= 15 is 0 Å². The van der Waals surface area contributed by atoms with E-state index in [0.29, 0.717) is 18.7 Å². The highest BCUT2D eigenvalue weighted by molar-refractivity contribution is 6.02. The maximum Gasteiger partial charge on any atom is 0.171 e. The standard InChI is InChI=1S/C25H33N5O2/c1-18-15-29(17-27-18)23-10-9-19(13-24(23)31-2)12-20-6-5-11-30-22(16-32-28-25(20)30)14-26-21-7-3-4-8-21/h9-10,12-13,15,17,21-22,26H,3-8,11,14,16H2,1-2H3/b20-12+/t22-/m0/s1.